The molecule has 0 aliphatic rings. The minimum absolute atomic E-state index is 0.144. The molecule has 0 radical (unpaired) electrons. The lowest BCUT2D eigenvalue weighted by Gasteiger charge is -2.10. The molecule has 0 bridgehead atoms. The Kier molecular flexibility index (Phi) is 5.26. The summed E-state index contributed by atoms with van der Waals surface area (Å²) in [5, 5.41) is 8.30. The number of anilines is 2. The second-order valence-electron chi connectivity index (χ2n) is 3.62. The lowest BCUT2D eigenvalue weighted by Crippen LogP contribution is -2.33. The molecule has 0 heterocycles. The van der Waals surface area contributed by atoms with Crippen LogP contribution in [0, 0.1) is 0 Å². The largest absolute Gasteiger partial charge is 0.332 e. The van der Waals surface area contributed by atoms with Crippen molar-refractivity contribution in [2.75, 3.05) is 10.6 Å². The van der Waals surface area contributed by atoms with Crippen LogP contribution in [-0.4, -0.2) is 16.9 Å². The topological polar surface area (TPSA) is 70.2 Å². The van der Waals surface area contributed by atoms with E-state index in [1.54, 1.807) is 31.2 Å². The van der Waals surface area contributed by atoms with E-state index in [0.717, 1.165) is 0 Å². The Morgan fingerprint density at radius 1 is 1.22 bits per heavy atom. The third-order valence-corrected chi connectivity index (χ3v) is 2.22. The van der Waals surface area contributed by atoms with E-state index >= 15 is 0 Å². The van der Waals surface area contributed by atoms with Crippen molar-refractivity contribution in [3.63, 3.8) is 0 Å². The molecule has 1 rings (SSSR count). The number of carbonyl (C=O) groups excluding carboxylic acids is 2. The van der Waals surface area contributed by atoms with E-state index in [9.17, 15) is 9.59 Å². The summed E-state index contributed by atoms with van der Waals surface area (Å²) in [4.78, 5) is 22.0. The molecule has 0 aliphatic carbocycles. The number of rotatable bonds is 3. The van der Waals surface area contributed by atoms with Crippen LogP contribution >= 0.6 is 12.2 Å². The van der Waals surface area contributed by atoms with E-state index in [4.69, 9.17) is 12.2 Å². The molecule has 96 valence electrons. The molecule has 0 spiro atoms. The van der Waals surface area contributed by atoms with Gasteiger partial charge in [0.2, 0.25) is 11.8 Å². The highest BCUT2D eigenvalue weighted by Gasteiger charge is 2.03. The molecule has 2 amide bonds. The van der Waals surface area contributed by atoms with Crippen molar-refractivity contribution in [3.8, 4) is 0 Å². The van der Waals surface area contributed by atoms with Crippen molar-refractivity contribution in [1.82, 2.24) is 5.32 Å². The molecule has 0 unspecified atom stereocenters. The number of carbonyl (C=O) groups is 2. The van der Waals surface area contributed by atoms with Gasteiger partial charge in [0.1, 0.15) is 0 Å². The molecule has 1 aromatic rings. The van der Waals surface area contributed by atoms with Crippen LogP contribution in [0.1, 0.15) is 20.3 Å². The maximum absolute atomic E-state index is 11.1. The van der Waals surface area contributed by atoms with Crippen LogP contribution < -0.4 is 16.0 Å². The van der Waals surface area contributed by atoms with Gasteiger partial charge in [-0.25, -0.2) is 0 Å². The summed E-state index contributed by atoms with van der Waals surface area (Å²) in [6.07, 6.45) is 0.369. The standard InChI is InChI=1S/C12H15N3O2S/c1-3-11(17)15-12(18)14-10-6-4-5-9(7-10)13-8(2)16/h4-7H,3H2,1-2H3,(H,13,16)(H2,14,15,17,18). The van der Waals surface area contributed by atoms with Crippen LogP contribution in [0.15, 0.2) is 24.3 Å². The predicted octanol–water partition coefficient (Wildman–Crippen LogP) is 1.87. The zero-order valence-electron chi connectivity index (χ0n) is 10.2. The highest BCUT2D eigenvalue weighted by molar-refractivity contribution is 7.80. The van der Waals surface area contributed by atoms with Gasteiger partial charge in [0.15, 0.2) is 5.11 Å². The van der Waals surface area contributed by atoms with Crippen LogP contribution in [0.5, 0.6) is 0 Å². The fourth-order valence-electron chi connectivity index (χ4n) is 1.26. The van der Waals surface area contributed by atoms with Gasteiger partial charge in [-0.2, -0.15) is 0 Å². The molecule has 1 aromatic carbocycles. The van der Waals surface area contributed by atoms with Crippen molar-refractivity contribution in [1.29, 1.82) is 0 Å². The monoisotopic (exact) mass is 265 g/mol. The molecule has 0 aliphatic heterocycles. The van der Waals surface area contributed by atoms with Gasteiger partial charge in [-0.1, -0.05) is 13.0 Å². The molecular formula is C12H15N3O2S. The van der Waals surface area contributed by atoms with Gasteiger partial charge in [-0.15, -0.1) is 0 Å². The summed E-state index contributed by atoms with van der Waals surface area (Å²) in [5.74, 6) is -0.292. The summed E-state index contributed by atoms with van der Waals surface area (Å²) >= 11 is 4.98. The van der Waals surface area contributed by atoms with Crippen molar-refractivity contribution in [2.24, 2.45) is 0 Å². The van der Waals surface area contributed by atoms with E-state index in [-0.39, 0.29) is 16.9 Å². The first-order valence-corrected chi connectivity index (χ1v) is 5.90. The van der Waals surface area contributed by atoms with E-state index in [2.05, 4.69) is 16.0 Å². The number of thiocarbonyl (C=S) groups is 1. The van der Waals surface area contributed by atoms with Gasteiger partial charge in [0.25, 0.3) is 0 Å². The minimum Gasteiger partial charge on any atom is -0.332 e. The second-order valence-corrected chi connectivity index (χ2v) is 4.03. The normalized spacial score (nSPS) is 9.44. The average molecular weight is 265 g/mol. The van der Waals surface area contributed by atoms with E-state index in [1.165, 1.54) is 6.92 Å². The number of benzene rings is 1. The van der Waals surface area contributed by atoms with Crippen LogP contribution in [0.3, 0.4) is 0 Å². The summed E-state index contributed by atoms with van der Waals surface area (Å²) in [5.41, 5.74) is 1.36. The number of hydrogen-bond donors (Lipinski definition) is 3. The lowest BCUT2D eigenvalue weighted by atomic mass is 10.3. The van der Waals surface area contributed by atoms with Crippen molar-refractivity contribution >= 4 is 40.5 Å². The molecule has 0 saturated heterocycles. The summed E-state index contributed by atoms with van der Waals surface area (Å²) < 4.78 is 0. The molecular weight excluding hydrogens is 250 g/mol. The van der Waals surface area contributed by atoms with Crippen molar-refractivity contribution in [3.05, 3.63) is 24.3 Å². The summed E-state index contributed by atoms with van der Waals surface area (Å²) in [6.45, 7) is 3.18. The lowest BCUT2D eigenvalue weighted by molar-refractivity contribution is -0.119. The third-order valence-electron chi connectivity index (χ3n) is 2.01. The zero-order chi connectivity index (χ0) is 13.5. The SMILES string of the molecule is CCC(=O)NC(=S)Nc1cccc(NC(C)=O)c1. The highest BCUT2D eigenvalue weighted by Crippen LogP contribution is 2.14. The van der Waals surface area contributed by atoms with Crippen molar-refractivity contribution < 1.29 is 9.59 Å². The molecule has 0 saturated carbocycles. The Morgan fingerprint density at radius 2 is 1.83 bits per heavy atom. The van der Waals surface area contributed by atoms with E-state index < -0.39 is 0 Å². The first-order chi connectivity index (χ1) is 8.51. The second kappa shape index (κ2) is 6.70. The Morgan fingerprint density at radius 3 is 2.39 bits per heavy atom. The summed E-state index contributed by atoms with van der Waals surface area (Å²) in [6, 6.07) is 7.06. The smallest absolute Gasteiger partial charge is 0.225 e. The summed E-state index contributed by atoms with van der Waals surface area (Å²) in [7, 11) is 0. The van der Waals surface area contributed by atoms with Gasteiger partial charge in [0.05, 0.1) is 0 Å². The van der Waals surface area contributed by atoms with Gasteiger partial charge < -0.3 is 16.0 Å². The maximum Gasteiger partial charge on any atom is 0.225 e. The molecule has 0 aromatic heterocycles. The fraction of sp³-hybridized carbons (Fsp3) is 0.250. The van der Waals surface area contributed by atoms with Gasteiger partial charge in [0, 0.05) is 24.7 Å². The van der Waals surface area contributed by atoms with Crippen LogP contribution in [-0.2, 0) is 9.59 Å². The Bertz CT molecular complexity index is 474. The molecule has 5 nitrogen and oxygen atoms in total. The Balaban J connectivity index is 2.64. The van der Waals surface area contributed by atoms with Crippen LogP contribution in [0.2, 0.25) is 0 Å². The van der Waals surface area contributed by atoms with Gasteiger partial charge in [-0.05, 0) is 30.4 Å². The maximum atomic E-state index is 11.1. The van der Waals surface area contributed by atoms with Gasteiger partial charge in [-0.3, -0.25) is 9.59 Å². The first kappa shape index (κ1) is 14.1. The molecule has 18 heavy (non-hydrogen) atoms. The zero-order valence-corrected chi connectivity index (χ0v) is 11.1. The third kappa shape index (κ3) is 4.92. The highest BCUT2D eigenvalue weighted by atomic mass is 32.1. The molecule has 6 heteroatoms. The van der Waals surface area contributed by atoms with Gasteiger partial charge >= 0.3 is 0 Å². The quantitative estimate of drug-likeness (QED) is 0.730. The molecule has 0 fully saturated rings. The Labute approximate surface area is 111 Å². The first-order valence-electron chi connectivity index (χ1n) is 5.49. The van der Waals surface area contributed by atoms with Crippen LogP contribution in [0.4, 0.5) is 11.4 Å². The minimum atomic E-state index is -0.148. The Hall–Kier alpha value is -1.95. The van der Waals surface area contributed by atoms with Crippen LogP contribution in [0.25, 0.3) is 0 Å². The number of hydrogen-bond acceptors (Lipinski definition) is 3. The number of amides is 2. The predicted molar refractivity (Wildman–Crippen MR) is 75.4 cm³/mol. The van der Waals surface area contributed by atoms with E-state index in [0.29, 0.717) is 17.8 Å². The van der Waals surface area contributed by atoms with Crippen molar-refractivity contribution in [2.45, 2.75) is 20.3 Å². The molecule has 3 N–H and O–H groups in total. The fourth-order valence-corrected chi connectivity index (χ4v) is 1.49. The molecule has 0 atom stereocenters. The number of nitrogens with one attached hydrogen (secondary N) is 3. The average Bonchev–Trinajstić information content (AvgIpc) is 2.28. The van der Waals surface area contributed by atoms with E-state index in [1.807, 2.05) is 0 Å².